The molecule has 0 aliphatic heterocycles. The topological polar surface area (TPSA) is 9.86 Å². The van der Waals surface area contributed by atoms with Gasteiger partial charge >= 0.3 is 0 Å². The molecular formula is C72H50N2Si. The van der Waals surface area contributed by atoms with E-state index in [-0.39, 0.29) is 0 Å². The smallest absolute Gasteiger partial charge is 0.179 e. The molecule has 0 saturated heterocycles. The summed E-state index contributed by atoms with van der Waals surface area (Å²) in [5, 5.41) is 10.2. The molecule has 0 amide bonds. The van der Waals surface area contributed by atoms with Gasteiger partial charge in [-0.05, 0) is 103 Å². The molecule has 2 aromatic heterocycles. The molecule has 352 valence electrons. The van der Waals surface area contributed by atoms with Gasteiger partial charge in [-0.2, -0.15) is 0 Å². The maximum atomic E-state index is 2.56. The van der Waals surface area contributed by atoms with Gasteiger partial charge in [0.1, 0.15) is 0 Å². The summed E-state index contributed by atoms with van der Waals surface area (Å²) in [6.45, 7) is 0. The first-order valence-electron chi connectivity index (χ1n) is 25.9. The molecular weight excluding hydrogens is 921 g/mol. The van der Waals surface area contributed by atoms with Crippen LogP contribution in [0.2, 0.25) is 0 Å². The van der Waals surface area contributed by atoms with E-state index in [0.29, 0.717) is 0 Å². The SMILES string of the molecule is c1ccc(-c2ccc([Si](c3ccccc3)(c3ccccc3)c3cc(-c4ccccc4)c(-n4c5ccccc5c5cc(-c6ccc7c(c6)c6ccccc6n7-c6ccccc6)ccc54)c(-c4ccccc4)c3)cc2)cc1. The Balaban J connectivity index is 1.04. The zero-order chi connectivity index (χ0) is 49.7. The monoisotopic (exact) mass is 970 g/mol. The highest BCUT2D eigenvalue weighted by Gasteiger charge is 2.42. The Bertz CT molecular complexity index is 4250. The van der Waals surface area contributed by atoms with Crippen LogP contribution in [0.5, 0.6) is 0 Å². The fourth-order valence-corrected chi connectivity index (χ4v) is 16.9. The molecule has 14 aromatic rings. The minimum absolute atomic E-state index is 1.16. The van der Waals surface area contributed by atoms with Crippen molar-refractivity contribution in [1.29, 1.82) is 0 Å². The molecule has 0 radical (unpaired) electrons. The molecule has 12 aromatic carbocycles. The summed E-state index contributed by atoms with van der Waals surface area (Å²) >= 11 is 0. The Morgan fingerprint density at radius 2 is 0.560 bits per heavy atom. The molecule has 0 aliphatic carbocycles. The Morgan fingerprint density at radius 1 is 0.213 bits per heavy atom. The summed E-state index contributed by atoms with van der Waals surface area (Å²) in [6.07, 6.45) is 0. The van der Waals surface area contributed by atoms with E-state index in [1.807, 2.05) is 0 Å². The molecule has 2 heterocycles. The number of nitrogens with zero attached hydrogens (tertiary/aromatic N) is 2. The average molecular weight is 971 g/mol. The maximum Gasteiger partial charge on any atom is 0.179 e. The van der Waals surface area contributed by atoms with Crippen molar-refractivity contribution < 1.29 is 0 Å². The predicted octanol–water partition coefficient (Wildman–Crippen LogP) is 15.9. The second-order valence-electron chi connectivity index (χ2n) is 19.6. The van der Waals surface area contributed by atoms with Crippen LogP contribution < -0.4 is 20.7 Å². The van der Waals surface area contributed by atoms with Gasteiger partial charge in [0.2, 0.25) is 0 Å². The summed E-state index contributed by atoms with van der Waals surface area (Å²) < 4.78 is 4.95. The van der Waals surface area contributed by atoms with E-state index in [1.165, 1.54) is 103 Å². The lowest BCUT2D eigenvalue weighted by Gasteiger charge is -2.36. The van der Waals surface area contributed by atoms with E-state index < -0.39 is 8.07 Å². The van der Waals surface area contributed by atoms with Crippen LogP contribution in [0, 0.1) is 0 Å². The predicted molar refractivity (Wildman–Crippen MR) is 320 cm³/mol. The molecule has 0 bridgehead atoms. The number of rotatable bonds is 10. The van der Waals surface area contributed by atoms with Gasteiger partial charge in [-0.25, -0.2) is 0 Å². The molecule has 0 aliphatic rings. The molecule has 0 N–H and O–H groups in total. The molecule has 0 unspecified atom stereocenters. The van der Waals surface area contributed by atoms with Crippen LogP contribution >= 0.6 is 0 Å². The lowest BCUT2D eigenvalue weighted by Crippen LogP contribution is -2.74. The standard InChI is InChI=1S/C72H50N2Si/c1-7-23-51(24-8-1)52-39-43-60(44-40-52)75(58-31-15-5-16-32-58,59-33-17-6-18-34-59)61-49-64(53-25-9-2-10-26-53)72(65(50-61)54-27-11-3-12-28-54)74-69-38-22-20-36-63(69)67-48-56(42-46-71(67)74)55-41-45-70-66(47-55)62-35-19-21-37-68(62)73(70)57-29-13-4-14-30-57/h1-50H. The highest BCUT2D eigenvalue weighted by molar-refractivity contribution is 7.20. The van der Waals surface area contributed by atoms with Crippen molar-refractivity contribution >= 4 is 72.4 Å². The third-order valence-electron chi connectivity index (χ3n) is 15.5. The number of hydrogen-bond donors (Lipinski definition) is 0. The van der Waals surface area contributed by atoms with Crippen LogP contribution in [0.3, 0.4) is 0 Å². The van der Waals surface area contributed by atoms with Crippen LogP contribution in [0.25, 0.3) is 99.5 Å². The van der Waals surface area contributed by atoms with Crippen molar-refractivity contribution in [3.63, 3.8) is 0 Å². The van der Waals surface area contributed by atoms with Gasteiger partial charge in [0.25, 0.3) is 0 Å². The van der Waals surface area contributed by atoms with Crippen molar-refractivity contribution in [2.75, 3.05) is 0 Å². The van der Waals surface area contributed by atoms with E-state index in [4.69, 9.17) is 0 Å². The minimum atomic E-state index is -3.08. The molecule has 0 fully saturated rings. The van der Waals surface area contributed by atoms with Crippen LogP contribution in [0.4, 0.5) is 0 Å². The highest BCUT2D eigenvalue weighted by Crippen LogP contribution is 2.43. The minimum Gasteiger partial charge on any atom is -0.309 e. The van der Waals surface area contributed by atoms with E-state index in [2.05, 4.69) is 312 Å². The van der Waals surface area contributed by atoms with Gasteiger partial charge in [0.05, 0.1) is 27.8 Å². The fraction of sp³-hybridized carbons (Fsp3) is 0. The first-order valence-corrected chi connectivity index (χ1v) is 27.9. The summed E-state index contributed by atoms with van der Waals surface area (Å²) in [5.74, 6) is 0. The van der Waals surface area contributed by atoms with E-state index >= 15 is 0 Å². The maximum absolute atomic E-state index is 3.08. The van der Waals surface area contributed by atoms with Gasteiger partial charge < -0.3 is 9.13 Å². The molecule has 2 nitrogen and oxygen atoms in total. The van der Waals surface area contributed by atoms with Crippen LogP contribution in [0.1, 0.15) is 0 Å². The number of aromatic nitrogens is 2. The summed E-state index contributed by atoms with van der Waals surface area (Å²) in [6, 6.07) is 113. The Labute approximate surface area is 438 Å². The Morgan fingerprint density at radius 3 is 1.05 bits per heavy atom. The van der Waals surface area contributed by atoms with Crippen molar-refractivity contribution in [2.24, 2.45) is 0 Å². The third-order valence-corrected chi connectivity index (χ3v) is 20.2. The number of fused-ring (bicyclic) bond motifs is 6. The zero-order valence-electron chi connectivity index (χ0n) is 41.3. The molecule has 0 spiro atoms. The van der Waals surface area contributed by atoms with Gasteiger partial charge in [0, 0.05) is 38.4 Å². The van der Waals surface area contributed by atoms with Crippen molar-refractivity contribution in [3.8, 4) is 55.9 Å². The van der Waals surface area contributed by atoms with E-state index in [9.17, 15) is 0 Å². The lowest BCUT2D eigenvalue weighted by molar-refractivity contribution is 1.18. The van der Waals surface area contributed by atoms with Crippen LogP contribution in [0.15, 0.2) is 303 Å². The molecule has 0 atom stereocenters. The number of benzene rings is 12. The van der Waals surface area contributed by atoms with Crippen LogP contribution in [-0.4, -0.2) is 17.2 Å². The van der Waals surface area contributed by atoms with Gasteiger partial charge in [-0.3, -0.25) is 0 Å². The molecule has 0 saturated carbocycles. The third kappa shape index (κ3) is 7.39. The van der Waals surface area contributed by atoms with Crippen LogP contribution in [-0.2, 0) is 0 Å². The van der Waals surface area contributed by atoms with E-state index in [1.54, 1.807) is 0 Å². The second-order valence-corrected chi connectivity index (χ2v) is 23.4. The molecule has 14 rings (SSSR count). The van der Waals surface area contributed by atoms with Crippen molar-refractivity contribution in [1.82, 2.24) is 9.13 Å². The second kappa shape index (κ2) is 18.5. The zero-order valence-corrected chi connectivity index (χ0v) is 42.3. The summed E-state index contributed by atoms with van der Waals surface area (Å²) in [5.41, 5.74) is 16.6. The lowest BCUT2D eigenvalue weighted by atomic mass is 9.95. The number of hydrogen-bond acceptors (Lipinski definition) is 0. The average Bonchev–Trinajstić information content (AvgIpc) is 4.05. The van der Waals surface area contributed by atoms with Crippen molar-refractivity contribution in [3.05, 3.63) is 303 Å². The highest BCUT2D eigenvalue weighted by atomic mass is 28.3. The van der Waals surface area contributed by atoms with Gasteiger partial charge in [-0.1, -0.05) is 255 Å². The Hall–Kier alpha value is -9.54. The first kappa shape index (κ1) is 44.2. The Kier molecular flexibility index (Phi) is 10.9. The number of para-hydroxylation sites is 3. The fourth-order valence-electron chi connectivity index (χ4n) is 12.1. The van der Waals surface area contributed by atoms with Gasteiger partial charge in [-0.15, -0.1) is 0 Å². The normalized spacial score (nSPS) is 11.7. The molecule has 75 heavy (non-hydrogen) atoms. The van der Waals surface area contributed by atoms with Gasteiger partial charge in [0.15, 0.2) is 8.07 Å². The van der Waals surface area contributed by atoms with E-state index in [0.717, 1.165) is 16.9 Å². The largest absolute Gasteiger partial charge is 0.309 e. The molecule has 3 heteroatoms. The van der Waals surface area contributed by atoms with Crippen molar-refractivity contribution in [2.45, 2.75) is 0 Å². The summed E-state index contributed by atoms with van der Waals surface area (Å²) in [4.78, 5) is 0. The quantitative estimate of drug-likeness (QED) is 0.0955. The first-order chi connectivity index (χ1) is 37.2. The summed E-state index contributed by atoms with van der Waals surface area (Å²) in [7, 11) is -3.08.